The van der Waals surface area contributed by atoms with Crippen molar-refractivity contribution < 1.29 is 72.8 Å². The molecule has 12 rings (SSSR count). The van der Waals surface area contributed by atoms with Gasteiger partial charge in [-0.1, -0.05) is 259 Å². The van der Waals surface area contributed by atoms with Crippen LogP contribution in [-0.2, 0) is 42.9 Å². The van der Waals surface area contributed by atoms with Gasteiger partial charge in [0.2, 0.25) is 5.24 Å². The minimum atomic E-state index is -1.12. The number of hydrogen-bond acceptors (Lipinski definition) is 21. The molecule has 0 spiro atoms. The number of carbonyl (C=O) groups is 5. The van der Waals surface area contributed by atoms with Crippen molar-refractivity contribution in [2.24, 2.45) is 10.8 Å². The van der Waals surface area contributed by atoms with Gasteiger partial charge in [-0.05, 0) is 128 Å². The number of rotatable bonds is 31. The molecule has 0 radical (unpaired) electrons. The Bertz CT molecular complexity index is 5230. The van der Waals surface area contributed by atoms with Gasteiger partial charge in [-0.2, -0.15) is 0 Å². The van der Waals surface area contributed by atoms with Crippen LogP contribution in [0.2, 0.25) is 0 Å². The predicted octanol–water partition coefficient (Wildman–Crippen LogP) is 19.4. The molecular weight excluding hydrogens is 1520 g/mol. The highest BCUT2D eigenvalue weighted by molar-refractivity contribution is 6.67. The minimum Gasteiger partial charge on any atom is -0.507 e. The van der Waals surface area contributed by atoms with Crippen molar-refractivity contribution in [2.45, 2.75) is 80.9 Å². The monoisotopic (exact) mass is 1620 g/mol. The number of aromatic nitrogens is 6. The SMILES string of the molecule is C.C=C(C)C(=O)Cl.C=C(C)C(=O)OCC(CC)(COC(=O)C(=C)C)COC(=O)C(C)Oc1ccc(-c2nc(-c3ccc(-c4ccccc4)cc3)nc(-c3ccc(-c4ccccc4)cc3)n2)c(O)c1.CCC(CO)(CO)COC(=O)C(C)Oc1ccc(-c2nc(-c3ccc(-c4ccccc4)cc3)nc(-c3ccc(-c4ccccc4)cc3)n2)c(O)c1. The quantitative estimate of drug-likeness (QED) is 0.0136. The highest BCUT2D eigenvalue weighted by Gasteiger charge is 2.36. The summed E-state index contributed by atoms with van der Waals surface area (Å²) < 4.78 is 33.4. The number of nitrogens with zero attached hydrogens (tertiary/aromatic N) is 6. The molecule has 12 aromatic rings. The van der Waals surface area contributed by atoms with Crippen LogP contribution in [0.5, 0.6) is 23.0 Å². The van der Waals surface area contributed by atoms with E-state index in [1.807, 2.05) is 194 Å². The first-order valence-electron chi connectivity index (χ1n) is 38.0. The molecule has 0 saturated heterocycles. The summed E-state index contributed by atoms with van der Waals surface area (Å²) in [4.78, 5) is 89.0. The molecule has 2 heterocycles. The van der Waals surface area contributed by atoms with Crippen molar-refractivity contribution in [3.05, 3.63) is 291 Å². The Kier molecular flexibility index (Phi) is 31.8. The molecular formula is C97H95ClN6O15. The average Bonchev–Trinajstić information content (AvgIpc) is 0.789. The van der Waals surface area contributed by atoms with Gasteiger partial charge in [0.15, 0.2) is 47.2 Å². The molecule has 0 amide bonds. The van der Waals surface area contributed by atoms with Crippen molar-refractivity contribution in [2.75, 3.05) is 39.6 Å². The smallest absolute Gasteiger partial charge is 0.347 e. The summed E-state index contributed by atoms with van der Waals surface area (Å²) in [6, 6.07) is 81.3. The Hall–Kier alpha value is -13.6. The number of halogens is 1. The summed E-state index contributed by atoms with van der Waals surface area (Å²) in [7, 11) is 0. The molecule has 4 N–H and O–H groups in total. The summed E-state index contributed by atoms with van der Waals surface area (Å²) in [5.74, 6) is -0.406. The average molecular weight is 1620 g/mol. The highest BCUT2D eigenvalue weighted by Crippen LogP contribution is 2.38. The predicted molar refractivity (Wildman–Crippen MR) is 463 cm³/mol. The van der Waals surface area contributed by atoms with Gasteiger partial charge in [-0.3, -0.25) is 4.79 Å². The van der Waals surface area contributed by atoms with Gasteiger partial charge in [-0.15, -0.1) is 0 Å². The Balaban J connectivity index is 0.000000255. The van der Waals surface area contributed by atoms with Crippen LogP contribution < -0.4 is 9.47 Å². The van der Waals surface area contributed by atoms with Crippen LogP contribution in [-0.4, -0.2) is 131 Å². The van der Waals surface area contributed by atoms with E-state index in [-0.39, 0.29) is 92.9 Å². The molecule has 22 heteroatoms. The van der Waals surface area contributed by atoms with Crippen molar-refractivity contribution in [1.29, 1.82) is 0 Å². The molecule has 2 aromatic heterocycles. The molecule has 0 fully saturated rings. The second-order valence-electron chi connectivity index (χ2n) is 28.3. The van der Waals surface area contributed by atoms with E-state index in [2.05, 4.69) is 44.0 Å². The summed E-state index contributed by atoms with van der Waals surface area (Å²) in [6.07, 6.45) is -1.38. The van der Waals surface area contributed by atoms with Gasteiger partial charge in [-0.25, -0.2) is 49.1 Å². The van der Waals surface area contributed by atoms with Gasteiger partial charge in [0.1, 0.15) is 49.4 Å². The molecule has 0 aliphatic rings. The van der Waals surface area contributed by atoms with E-state index >= 15 is 0 Å². The topological polar surface area (TPSA) is 299 Å². The van der Waals surface area contributed by atoms with E-state index < -0.39 is 52.2 Å². The number of phenolic OH excluding ortho intramolecular Hbond substituents is 2. The Labute approximate surface area is 698 Å². The fourth-order valence-corrected chi connectivity index (χ4v) is 11.6. The summed E-state index contributed by atoms with van der Waals surface area (Å²) in [6.45, 7) is 20.2. The Morgan fingerprint density at radius 1 is 0.353 bits per heavy atom. The number of allylic oxidation sites excluding steroid dienone is 1. The van der Waals surface area contributed by atoms with Crippen LogP contribution >= 0.6 is 11.6 Å². The first kappa shape index (κ1) is 89.3. The van der Waals surface area contributed by atoms with Crippen LogP contribution in [0.3, 0.4) is 0 Å². The third-order valence-corrected chi connectivity index (χ3v) is 19.6. The van der Waals surface area contributed by atoms with Gasteiger partial charge in [0, 0.05) is 51.1 Å². The molecule has 0 aliphatic carbocycles. The number of phenols is 2. The lowest BCUT2D eigenvalue weighted by Crippen LogP contribution is -2.40. The van der Waals surface area contributed by atoms with Crippen molar-refractivity contribution in [1.82, 2.24) is 29.9 Å². The van der Waals surface area contributed by atoms with Crippen LogP contribution in [0.15, 0.2) is 291 Å². The van der Waals surface area contributed by atoms with Crippen molar-refractivity contribution >= 4 is 40.7 Å². The maximum absolute atomic E-state index is 13.2. The van der Waals surface area contributed by atoms with Crippen LogP contribution in [0, 0.1) is 10.8 Å². The largest absolute Gasteiger partial charge is 0.507 e. The summed E-state index contributed by atoms with van der Waals surface area (Å²) in [5, 5.41) is 41.4. The van der Waals surface area contributed by atoms with Crippen LogP contribution in [0.1, 0.15) is 68.7 Å². The lowest BCUT2D eigenvalue weighted by molar-refractivity contribution is -0.163. The van der Waals surface area contributed by atoms with Gasteiger partial charge < -0.3 is 48.8 Å². The Morgan fingerprint density at radius 3 is 0.824 bits per heavy atom. The van der Waals surface area contributed by atoms with E-state index in [1.165, 1.54) is 39.8 Å². The van der Waals surface area contributed by atoms with Crippen LogP contribution in [0.4, 0.5) is 0 Å². The molecule has 10 aromatic carbocycles. The zero-order chi connectivity index (χ0) is 84.5. The molecule has 610 valence electrons. The first-order valence-corrected chi connectivity index (χ1v) is 38.4. The number of carbonyl (C=O) groups excluding carboxylic acids is 5. The third kappa shape index (κ3) is 24.3. The number of hydrogen-bond donors (Lipinski definition) is 4. The fraction of sp³-hybridized carbons (Fsp3) is 0.206. The lowest BCUT2D eigenvalue weighted by Gasteiger charge is -2.31. The molecule has 0 aliphatic heterocycles. The molecule has 119 heavy (non-hydrogen) atoms. The second-order valence-corrected chi connectivity index (χ2v) is 28.6. The van der Waals surface area contributed by atoms with Gasteiger partial charge in [0.05, 0.1) is 35.2 Å². The number of aliphatic hydroxyl groups excluding tert-OH is 2. The summed E-state index contributed by atoms with van der Waals surface area (Å²) >= 11 is 4.87. The lowest BCUT2D eigenvalue weighted by atomic mass is 9.88. The number of esters is 4. The van der Waals surface area contributed by atoms with E-state index in [1.54, 1.807) is 45.0 Å². The first-order chi connectivity index (χ1) is 56.8. The van der Waals surface area contributed by atoms with Gasteiger partial charge >= 0.3 is 23.9 Å². The van der Waals surface area contributed by atoms with Crippen molar-refractivity contribution in [3.8, 4) is 136 Å². The van der Waals surface area contributed by atoms with E-state index in [4.69, 9.17) is 69.9 Å². The number of aromatic hydroxyl groups is 2. The summed E-state index contributed by atoms with van der Waals surface area (Å²) in [5.41, 5.74) is 11.1. The third-order valence-electron chi connectivity index (χ3n) is 19.2. The van der Waals surface area contributed by atoms with E-state index in [0.717, 1.165) is 66.8 Å². The normalized spacial score (nSPS) is 11.4. The van der Waals surface area contributed by atoms with Gasteiger partial charge in [0.25, 0.3) is 0 Å². The number of benzene rings is 10. The molecule has 0 saturated carbocycles. The standard InChI is InChI=1S/C50H47N3O8.C42H39N3O6.C4H5ClO.CH4/c1-7-50(29-58-47(55)32(2)3,30-59-48(56)33(4)5)31-60-49(57)34(6)61-41-26-27-42(43(54)28-41)46-52-44(39-22-18-37(19-23-39)35-14-10-8-11-15-35)51-45(53-46)40-24-20-38(21-25-40)36-16-12-9-13-17-36;1-3-42(25-46,26-47)27-50-41(49)28(2)51-35-22-23-36(37(48)24-35)40-44-38(33-18-14-31(15-19-33)29-10-6-4-7-11-29)43-39(45-40)34-20-16-32(17-21-34)30-12-8-5-9-13-30;1-3(2)4(5)6;/h8-28,34,54H,2,4,7,29-31H2,1,3,5-6H3;4-24,28,46-48H,3,25-27H2,1-2H3;1H2,2H3;1H4. The zero-order valence-electron chi connectivity index (χ0n) is 66.5. The number of aliphatic hydroxyl groups is 2. The zero-order valence-corrected chi connectivity index (χ0v) is 67.3. The van der Waals surface area contributed by atoms with E-state index in [9.17, 15) is 44.4 Å². The Morgan fingerprint density at radius 2 is 0.588 bits per heavy atom. The van der Waals surface area contributed by atoms with Crippen molar-refractivity contribution in [3.63, 3.8) is 0 Å². The van der Waals surface area contributed by atoms with E-state index in [0.29, 0.717) is 52.8 Å². The minimum absolute atomic E-state index is 0. The maximum atomic E-state index is 13.2. The molecule has 2 atom stereocenters. The molecule has 2 unspecified atom stereocenters. The maximum Gasteiger partial charge on any atom is 0.347 e. The fourth-order valence-electron chi connectivity index (χ4n) is 11.6. The highest BCUT2D eigenvalue weighted by atomic mass is 35.5. The second kappa shape index (κ2) is 42.3. The molecule has 21 nitrogen and oxygen atoms in total. The van der Waals surface area contributed by atoms with Crippen LogP contribution in [0.25, 0.3) is 113 Å². The number of ether oxygens (including phenoxy) is 6. The molecule has 0 bridgehead atoms.